The summed E-state index contributed by atoms with van der Waals surface area (Å²) in [7, 11) is -3.76. The fourth-order valence-corrected chi connectivity index (χ4v) is 2.51. The zero-order chi connectivity index (χ0) is 14.0. The first-order valence-corrected chi connectivity index (χ1v) is 6.74. The molecule has 0 aliphatic rings. The lowest BCUT2D eigenvalue weighted by Gasteiger charge is -2.07. The van der Waals surface area contributed by atoms with Gasteiger partial charge in [0.15, 0.2) is 0 Å². The van der Waals surface area contributed by atoms with Crippen LogP contribution in [0.4, 0.5) is 5.82 Å². The van der Waals surface area contributed by atoms with Gasteiger partial charge < -0.3 is 5.11 Å². The van der Waals surface area contributed by atoms with Crippen LogP contribution in [-0.4, -0.2) is 29.7 Å². The highest BCUT2D eigenvalue weighted by atomic mass is 32.2. The van der Waals surface area contributed by atoms with E-state index in [1.165, 1.54) is 30.5 Å². The quantitative estimate of drug-likeness (QED) is 0.780. The molecule has 0 amide bonds. The number of nitrogens with one attached hydrogen (secondary N) is 2. The lowest BCUT2D eigenvalue weighted by Crippen LogP contribution is -2.14. The molecule has 3 N–H and O–H groups in total. The fourth-order valence-electron chi connectivity index (χ4n) is 1.42. The monoisotopic (exact) mass is 281 g/mol. The Bertz CT molecular complexity index is 704. The van der Waals surface area contributed by atoms with Gasteiger partial charge in [0.1, 0.15) is 5.82 Å². The van der Waals surface area contributed by atoms with E-state index in [4.69, 9.17) is 5.11 Å². The number of anilines is 1. The molecule has 1 heterocycles. The van der Waals surface area contributed by atoms with Gasteiger partial charge in [-0.15, -0.1) is 0 Å². The maximum atomic E-state index is 12.0. The molecule has 1 aromatic heterocycles. The summed E-state index contributed by atoms with van der Waals surface area (Å²) in [6, 6.07) is 4.93. The number of hydrogen-bond acceptors (Lipinski definition) is 4. The van der Waals surface area contributed by atoms with E-state index in [1.807, 2.05) is 0 Å². The number of hydrogen-bond donors (Lipinski definition) is 3. The number of aromatic carboxylic acids is 1. The van der Waals surface area contributed by atoms with Gasteiger partial charge in [-0.25, -0.2) is 13.2 Å². The fraction of sp³-hybridized carbons (Fsp3) is 0.0909. The Morgan fingerprint density at radius 1 is 1.32 bits per heavy atom. The minimum Gasteiger partial charge on any atom is -0.478 e. The summed E-state index contributed by atoms with van der Waals surface area (Å²) < 4.78 is 26.4. The zero-order valence-corrected chi connectivity index (χ0v) is 10.7. The largest absolute Gasteiger partial charge is 0.478 e. The molecule has 100 valence electrons. The van der Waals surface area contributed by atoms with E-state index < -0.39 is 16.0 Å². The maximum Gasteiger partial charge on any atom is 0.335 e. The zero-order valence-electron chi connectivity index (χ0n) is 9.91. The molecule has 2 aromatic rings. The highest BCUT2D eigenvalue weighted by molar-refractivity contribution is 7.92. The van der Waals surface area contributed by atoms with E-state index in [-0.39, 0.29) is 16.3 Å². The Morgan fingerprint density at radius 3 is 2.42 bits per heavy atom. The first-order valence-electron chi connectivity index (χ1n) is 5.26. The van der Waals surface area contributed by atoms with Crippen LogP contribution in [0.5, 0.6) is 0 Å². The summed E-state index contributed by atoms with van der Waals surface area (Å²) in [5, 5.41) is 15.0. The molecular weight excluding hydrogens is 270 g/mol. The molecule has 0 atom stereocenters. The Labute approximate surface area is 109 Å². The third kappa shape index (κ3) is 2.74. The molecular formula is C11H11N3O4S. The SMILES string of the molecule is Cc1cn[nH]c1NS(=O)(=O)c1ccc(C(=O)O)cc1. The molecule has 0 unspecified atom stereocenters. The van der Waals surface area contributed by atoms with Crippen molar-refractivity contribution in [3.8, 4) is 0 Å². The minimum absolute atomic E-state index is 0.0218. The number of sulfonamides is 1. The van der Waals surface area contributed by atoms with Crippen LogP contribution >= 0.6 is 0 Å². The van der Waals surface area contributed by atoms with Crippen LogP contribution in [0, 0.1) is 6.92 Å². The Balaban J connectivity index is 2.29. The van der Waals surface area contributed by atoms with E-state index >= 15 is 0 Å². The average molecular weight is 281 g/mol. The summed E-state index contributed by atoms with van der Waals surface area (Å²) in [6.07, 6.45) is 1.49. The Kier molecular flexibility index (Phi) is 3.26. The van der Waals surface area contributed by atoms with Crippen molar-refractivity contribution in [1.29, 1.82) is 0 Å². The molecule has 8 heteroatoms. The number of nitrogens with zero attached hydrogens (tertiary/aromatic N) is 1. The number of H-pyrrole nitrogens is 1. The summed E-state index contributed by atoms with van der Waals surface area (Å²) in [4.78, 5) is 10.7. The standard InChI is InChI=1S/C11H11N3O4S/c1-7-6-12-13-10(7)14-19(17,18)9-4-2-8(3-5-9)11(15)16/h2-6H,1H3,(H,15,16)(H2,12,13,14). The summed E-state index contributed by atoms with van der Waals surface area (Å²) in [5.74, 6) is -0.830. The van der Waals surface area contributed by atoms with Gasteiger partial charge in [-0.05, 0) is 31.2 Å². The van der Waals surface area contributed by atoms with E-state index in [9.17, 15) is 13.2 Å². The molecule has 0 aliphatic carbocycles. The van der Waals surface area contributed by atoms with Crippen molar-refractivity contribution < 1.29 is 18.3 Å². The van der Waals surface area contributed by atoms with Crippen molar-refractivity contribution in [1.82, 2.24) is 10.2 Å². The third-order valence-electron chi connectivity index (χ3n) is 2.48. The molecule has 0 fully saturated rings. The van der Waals surface area contributed by atoms with Crippen molar-refractivity contribution in [3.63, 3.8) is 0 Å². The molecule has 0 aliphatic heterocycles. The number of carbonyl (C=O) groups is 1. The Morgan fingerprint density at radius 2 is 1.95 bits per heavy atom. The number of carboxylic acids is 1. The van der Waals surface area contributed by atoms with Crippen LogP contribution in [0.15, 0.2) is 35.4 Å². The molecule has 0 saturated heterocycles. The molecule has 0 bridgehead atoms. The van der Waals surface area contributed by atoms with Crippen molar-refractivity contribution in [2.75, 3.05) is 4.72 Å². The first kappa shape index (κ1) is 13.1. The molecule has 0 spiro atoms. The number of aryl methyl sites for hydroxylation is 1. The molecule has 7 nitrogen and oxygen atoms in total. The van der Waals surface area contributed by atoms with Gasteiger partial charge in [0.05, 0.1) is 16.7 Å². The van der Waals surface area contributed by atoms with Gasteiger partial charge in [-0.1, -0.05) is 0 Å². The highest BCUT2D eigenvalue weighted by Crippen LogP contribution is 2.17. The van der Waals surface area contributed by atoms with Crippen LogP contribution in [0.1, 0.15) is 15.9 Å². The van der Waals surface area contributed by atoms with Crippen LogP contribution < -0.4 is 4.72 Å². The van der Waals surface area contributed by atoms with E-state index in [0.29, 0.717) is 5.56 Å². The second-order valence-electron chi connectivity index (χ2n) is 3.86. The van der Waals surface area contributed by atoms with Crippen LogP contribution in [0.2, 0.25) is 0 Å². The van der Waals surface area contributed by atoms with Gasteiger partial charge in [-0.2, -0.15) is 5.10 Å². The van der Waals surface area contributed by atoms with E-state index in [0.717, 1.165) is 0 Å². The number of rotatable bonds is 4. The van der Waals surface area contributed by atoms with Crippen molar-refractivity contribution in [3.05, 3.63) is 41.6 Å². The number of carboxylic acid groups (broad SMARTS) is 1. The topological polar surface area (TPSA) is 112 Å². The average Bonchev–Trinajstić information content (AvgIpc) is 2.74. The molecule has 1 aromatic carbocycles. The first-order chi connectivity index (χ1) is 8.90. The summed E-state index contributed by atoms with van der Waals surface area (Å²) >= 11 is 0. The highest BCUT2D eigenvalue weighted by Gasteiger charge is 2.16. The van der Waals surface area contributed by atoms with E-state index in [1.54, 1.807) is 6.92 Å². The molecule has 0 radical (unpaired) electrons. The van der Waals surface area contributed by atoms with Crippen molar-refractivity contribution in [2.24, 2.45) is 0 Å². The van der Waals surface area contributed by atoms with Crippen molar-refractivity contribution in [2.45, 2.75) is 11.8 Å². The van der Waals surface area contributed by atoms with Gasteiger partial charge in [-0.3, -0.25) is 9.82 Å². The summed E-state index contributed by atoms with van der Waals surface area (Å²) in [6.45, 7) is 1.70. The smallest absolute Gasteiger partial charge is 0.335 e. The predicted octanol–water partition coefficient (Wildman–Crippen LogP) is 1.22. The van der Waals surface area contributed by atoms with E-state index in [2.05, 4.69) is 14.9 Å². The number of aromatic nitrogens is 2. The molecule has 0 saturated carbocycles. The second-order valence-corrected chi connectivity index (χ2v) is 5.55. The van der Waals surface area contributed by atoms with Crippen LogP contribution in [-0.2, 0) is 10.0 Å². The van der Waals surface area contributed by atoms with Crippen LogP contribution in [0.25, 0.3) is 0 Å². The van der Waals surface area contributed by atoms with Gasteiger partial charge >= 0.3 is 5.97 Å². The Hall–Kier alpha value is -2.35. The van der Waals surface area contributed by atoms with Crippen LogP contribution in [0.3, 0.4) is 0 Å². The molecule has 2 rings (SSSR count). The second kappa shape index (κ2) is 4.73. The minimum atomic E-state index is -3.76. The lowest BCUT2D eigenvalue weighted by molar-refractivity contribution is 0.0697. The van der Waals surface area contributed by atoms with Crippen molar-refractivity contribution >= 4 is 21.8 Å². The third-order valence-corrected chi connectivity index (χ3v) is 3.84. The number of aromatic amines is 1. The summed E-state index contributed by atoms with van der Waals surface area (Å²) in [5.41, 5.74) is 0.683. The number of benzene rings is 1. The molecule has 19 heavy (non-hydrogen) atoms. The maximum absolute atomic E-state index is 12.0. The predicted molar refractivity (Wildman–Crippen MR) is 67.5 cm³/mol. The lowest BCUT2D eigenvalue weighted by atomic mass is 10.2. The normalized spacial score (nSPS) is 11.2. The van der Waals surface area contributed by atoms with Gasteiger partial charge in [0, 0.05) is 5.56 Å². The van der Waals surface area contributed by atoms with Gasteiger partial charge in [0.2, 0.25) is 0 Å². The van der Waals surface area contributed by atoms with Gasteiger partial charge in [0.25, 0.3) is 10.0 Å².